The van der Waals surface area contributed by atoms with Gasteiger partial charge in [0.1, 0.15) is 13.2 Å². The van der Waals surface area contributed by atoms with Crippen molar-refractivity contribution in [3.63, 3.8) is 0 Å². The molecule has 1 unspecified atom stereocenters. The second-order valence-corrected chi connectivity index (χ2v) is 3.87. The Morgan fingerprint density at radius 2 is 2.14 bits per heavy atom. The first-order valence-electron chi connectivity index (χ1n) is 4.51. The van der Waals surface area contributed by atoms with Crippen LogP contribution in [0.3, 0.4) is 0 Å². The molecule has 0 radical (unpaired) electrons. The zero-order chi connectivity index (χ0) is 10.4. The van der Waals surface area contributed by atoms with Crippen LogP contribution in [0.5, 0.6) is 0 Å². The topological polar surface area (TPSA) is 35.5 Å². The predicted molar refractivity (Wildman–Crippen MR) is 55.2 cm³/mol. The van der Waals surface area contributed by atoms with E-state index in [1.54, 1.807) is 6.92 Å². The highest BCUT2D eigenvalue weighted by Gasteiger charge is 2.18. The molecule has 76 valence electrons. The average Bonchev–Trinajstić information content (AvgIpc) is 2.15. The third kappa shape index (κ3) is 3.97. The molecule has 0 amide bonds. The van der Waals surface area contributed by atoms with Crippen molar-refractivity contribution in [1.29, 1.82) is 0 Å². The predicted octanol–water partition coefficient (Wildman–Crippen LogP) is 3.21. The van der Waals surface area contributed by atoms with Crippen molar-refractivity contribution in [2.75, 3.05) is 6.61 Å². The van der Waals surface area contributed by atoms with E-state index < -0.39 is 8.25 Å². The number of rotatable bonds is 5. The van der Waals surface area contributed by atoms with Crippen molar-refractivity contribution in [1.82, 2.24) is 0 Å². The summed E-state index contributed by atoms with van der Waals surface area (Å²) >= 11 is 0. The molecule has 0 aromatic heterocycles. The van der Waals surface area contributed by atoms with Crippen LogP contribution in [0.25, 0.3) is 0 Å². The Balaban J connectivity index is 2.41. The standard InChI is InChI=1S/C10H14O3P/c1-3-12-14(11)13-8-10-6-4-5-9(2)7-10/h4-7H,3,8H2,1-2H3/q+1. The van der Waals surface area contributed by atoms with Gasteiger partial charge < -0.3 is 0 Å². The van der Waals surface area contributed by atoms with Crippen molar-refractivity contribution < 1.29 is 13.6 Å². The summed E-state index contributed by atoms with van der Waals surface area (Å²) in [4.78, 5) is 0. The normalized spacial score (nSPS) is 11.4. The molecule has 0 aliphatic carbocycles. The molecule has 0 aliphatic rings. The Morgan fingerprint density at radius 3 is 2.79 bits per heavy atom. The molecule has 0 saturated heterocycles. The van der Waals surface area contributed by atoms with Gasteiger partial charge in [-0.3, -0.25) is 0 Å². The van der Waals surface area contributed by atoms with Gasteiger partial charge in [0.15, 0.2) is 0 Å². The molecule has 0 bridgehead atoms. The molecule has 14 heavy (non-hydrogen) atoms. The molecule has 1 aromatic carbocycles. The zero-order valence-corrected chi connectivity index (χ0v) is 9.29. The van der Waals surface area contributed by atoms with Crippen LogP contribution >= 0.6 is 8.25 Å². The Hall–Kier alpha value is -0.760. The highest BCUT2D eigenvalue weighted by atomic mass is 31.1. The van der Waals surface area contributed by atoms with Gasteiger partial charge >= 0.3 is 8.25 Å². The molecule has 0 spiro atoms. The lowest BCUT2D eigenvalue weighted by atomic mass is 10.1. The summed E-state index contributed by atoms with van der Waals surface area (Å²) in [6, 6.07) is 7.88. The van der Waals surface area contributed by atoms with E-state index in [2.05, 4.69) is 0 Å². The van der Waals surface area contributed by atoms with Crippen LogP contribution < -0.4 is 0 Å². The van der Waals surface area contributed by atoms with Crippen LogP contribution in [0, 0.1) is 6.92 Å². The largest absolute Gasteiger partial charge is 0.697 e. The molecular formula is C10H14O3P+. The van der Waals surface area contributed by atoms with Gasteiger partial charge in [-0.15, -0.1) is 9.05 Å². The molecule has 0 aliphatic heterocycles. The van der Waals surface area contributed by atoms with E-state index >= 15 is 0 Å². The summed E-state index contributed by atoms with van der Waals surface area (Å²) in [5.41, 5.74) is 2.17. The van der Waals surface area contributed by atoms with Gasteiger partial charge in [0.05, 0.1) is 0 Å². The summed E-state index contributed by atoms with van der Waals surface area (Å²) in [6.45, 7) is 4.52. The minimum absolute atomic E-state index is 0.330. The lowest BCUT2D eigenvalue weighted by molar-refractivity contribution is 0.227. The average molecular weight is 213 g/mol. The number of benzene rings is 1. The quantitative estimate of drug-likeness (QED) is 0.704. The fourth-order valence-corrected chi connectivity index (χ4v) is 1.61. The van der Waals surface area contributed by atoms with Crippen LogP contribution in [0.2, 0.25) is 0 Å². The third-order valence-electron chi connectivity index (χ3n) is 1.65. The monoisotopic (exact) mass is 213 g/mol. The molecule has 1 atom stereocenters. The van der Waals surface area contributed by atoms with Crippen LogP contribution in [-0.2, 0) is 20.2 Å². The van der Waals surface area contributed by atoms with Crippen LogP contribution in [0.4, 0.5) is 0 Å². The first-order valence-corrected chi connectivity index (χ1v) is 5.60. The van der Waals surface area contributed by atoms with Crippen molar-refractivity contribution >= 4 is 8.25 Å². The number of aryl methyl sites for hydroxylation is 1. The van der Waals surface area contributed by atoms with Crippen LogP contribution in [0.1, 0.15) is 18.1 Å². The summed E-state index contributed by atoms with van der Waals surface area (Å²) in [6.07, 6.45) is 0. The van der Waals surface area contributed by atoms with E-state index in [4.69, 9.17) is 9.05 Å². The summed E-state index contributed by atoms with van der Waals surface area (Å²) in [7, 11) is -1.96. The summed E-state index contributed by atoms with van der Waals surface area (Å²) in [5.74, 6) is 0. The molecule has 1 aromatic rings. The number of hydrogen-bond donors (Lipinski definition) is 0. The van der Waals surface area contributed by atoms with Crippen molar-refractivity contribution in [3.05, 3.63) is 35.4 Å². The molecule has 1 rings (SSSR count). The molecule has 4 heteroatoms. The summed E-state index contributed by atoms with van der Waals surface area (Å²) in [5, 5.41) is 0. The lowest BCUT2D eigenvalue weighted by Crippen LogP contribution is -1.88. The highest BCUT2D eigenvalue weighted by Crippen LogP contribution is 2.25. The molecule has 3 nitrogen and oxygen atoms in total. The minimum atomic E-state index is -1.96. The number of hydrogen-bond acceptors (Lipinski definition) is 3. The molecule has 0 heterocycles. The van der Waals surface area contributed by atoms with Crippen molar-refractivity contribution in [2.45, 2.75) is 20.5 Å². The van der Waals surface area contributed by atoms with Gasteiger partial charge in [0, 0.05) is 4.57 Å². The van der Waals surface area contributed by atoms with E-state index in [9.17, 15) is 4.57 Å². The lowest BCUT2D eigenvalue weighted by Gasteiger charge is -1.96. The van der Waals surface area contributed by atoms with E-state index in [-0.39, 0.29) is 0 Å². The highest BCUT2D eigenvalue weighted by molar-refractivity contribution is 7.33. The maximum atomic E-state index is 11.0. The van der Waals surface area contributed by atoms with Crippen molar-refractivity contribution in [3.8, 4) is 0 Å². The molecular weight excluding hydrogens is 199 g/mol. The Bertz CT molecular complexity index is 312. The van der Waals surface area contributed by atoms with E-state index in [0.717, 1.165) is 11.1 Å². The van der Waals surface area contributed by atoms with Crippen LogP contribution in [-0.4, -0.2) is 6.61 Å². The Kier molecular flexibility index (Phi) is 4.74. The van der Waals surface area contributed by atoms with Gasteiger partial charge in [0.2, 0.25) is 0 Å². The molecule has 0 fully saturated rings. The van der Waals surface area contributed by atoms with Gasteiger partial charge in [-0.25, -0.2) is 0 Å². The summed E-state index contributed by atoms with van der Waals surface area (Å²) < 4.78 is 20.8. The first-order chi connectivity index (χ1) is 6.72. The van der Waals surface area contributed by atoms with Gasteiger partial charge in [0.25, 0.3) is 0 Å². The third-order valence-corrected chi connectivity index (χ3v) is 2.46. The molecule has 0 saturated carbocycles. The maximum Gasteiger partial charge on any atom is 0.697 e. The van der Waals surface area contributed by atoms with E-state index in [1.807, 2.05) is 31.2 Å². The fourth-order valence-electron chi connectivity index (χ4n) is 1.07. The van der Waals surface area contributed by atoms with Crippen molar-refractivity contribution in [2.24, 2.45) is 0 Å². The van der Waals surface area contributed by atoms with Gasteiger partial charge in [-0.05, 0) is 19.4 Å². The first kappa shape index (κ1) is 11.3. The van der Waals surface area contributed by atoms with E-state index in [0.29, 0.717) is 13.2 Å². The zero-order valence-electron chi connectivity index (χ0n) is 8.40. The molecule has 0 N–H and O–H groups in total. The maximum absolute atomic E-state index is 11.0. The second kappa shape index (κ2) is 5.86. The SMILES string of the molecule is CCO[P+](=O)OCc1cccc(C)c1. The minimum Gasteiger partial charge on any atom is -0.119 e. The van der Waals surface area contributed by atoms with Gasteiger partial charge in [-0.2, -0.15) is 0 Å². The van der Waals surface area contributed by atoms with Crippen LogP contribution in [0.15, 0.2) is 24.3 Å². The Labute approximate surface area is 85.0 Å². The fraction of sp³-hybridized carbons (Fsp3) is 0.400. The second-order valence-electron chi connectivity index (χ2n) is 2.90. The van der Waals surface area contributed by atoms with E-state index in [1.165, 1.54) is 0 Å². The van der Waals surface area contributed by atoms with Gasteiger partial charge in [-0.1, -0.05) is 29.8 Å². The Morgan fingerprint density at radius 1 is 1.36 bits per heavy atom. The smallest absolute Gasteiger partial charge is 0.119 e.